The van der Waals surface area contributed by atoms with Crippen LogP contribution in [0.25, 0.3) is 21.8 Å². The minimum absolute atomic E-state index is 0.00475. The molecule has 0 aliphatic carbocycles. The third-order valence-electron chi connectivity index (χ3n) is 5.40. The first-order chi connectivity index (χ1) is 11.7. The van der Waals surface area contributed by atoms with Crippen LogP contribution in [0.3, 0.4) is 0 Å². The summed E-state index contributed by atoms with van der Waals surface area (Å²) >= 11 is 0. The summed E-state index contributed by atoms with van der Waals surface area (Å²) in [6, 6.07) is 17.3. The van der Waals surface area contributed by atoms with Crippen molar-refractivity contribution in [2.75, 3.05) is 0 Å². The van der Waals surface area contributed by atoms with Crippen LogP contribution in [0.2, 0.25) is 0 Å². The maximum Gasteiger partial charge on any atom is 0.0457 e. The second-order valence-corrected chi connectivity index (χ2v) is 6.93. The van der Waals surface area contributed by atoms with Gasteiger partial charge in [0.1, 0.15) is 0 Å². The molecule has 2 N–H and O–H groups in total. The molecule has 0 amide bonds. The SMILES string of the molecule is CCCCC(C)(c1c[nH]c2ccccc12)c1c[nH]c2ccccc12. The first kappa shape index (κ1) is 15.1. The van der Waals surface area contributed by atoms with Crippen molar-refractivity contribution in [2.24, 2.45) is 0 Å². The number of H-pyrrole nitrogens is 2. The van der Waals surface area contributed by atoms with E-state index < -0.39 is 0 Å². The number of rotatable bonds is 5. The number of unbranched alkanes of at least 4 members (excludes halogenated alkanes) is 1. The zero-order valence-electron chi connectivity index (χ0n) is 14.4. The second kappa shape index (κ2) is 5.86. The molecule has 0 atom stereocenters. The van der Waals surface area contributed by atoms with E-state index in [0.717, 1.165) is 6.42 Å². The molecule has 4 aromatic rings. The molecule has 24 heavy (non-hydrogen) atoms. The van der Waals surface area contributed by atoms with Gasteiger partial charge in [0.2, 0.25) is 0 Å². The summed E-state index contributed by atoms with van der Waals surface area (Å²) in [6.45, 7) is 4.67. The third kappa shape index (κ3) is 2.25. The van der Waals surface area contributed by atoms with E-state index in [0.29, 0.717) is 0 Å². The standard InChI is InChI=1S/C22H24N2/c1-3-4-13-22(2,18-14-23-20-11-7-5-9-16(18)20)19-15-24-21-12-8-6-10-17(19)21/h5-12,14-15,23-24H,3-4,13H2,1-2H3. The lowest BCUT2D eigenvalue weighted by Gasteiger charge is -2.30. The lowest BCUT2D eigenvalue weighted by atomic mass is 9.72. The van der Waals surface area contributed by atoms with Crippen molar-refractivity contribution in [3.63, 3.8) is 0 Å². The summed E-state index contributed by atoms with van der Waals surface area (Å²) in [5, 5.41) is 2.67. The maximum atomic E-state index is 3.47. The van der Waals surface area contributed by atoms with E-state index in [1.165, 1.54) is 45.8 Å². The van der Waals surface area contributed by atoms with E-state index in [2.05, 4.69) is 84.7 Å². The molecule has 0 spiro atoms. The van der Waals surface area contributed by atoms with Crippen LogP contribution < -0.4 is 0 Å². The molecule has 0 fully saturated rings. The number of hydrogen-bond donors (Lipinski definition) is 2. The Morgan fingerprint density at radius 2 is 1.29 bits per heavy atom. The molecule has 0 radical (unpaired) electrons. The molecule has 0 unspecified atom stereocenters. The Hall–Kier alpha value is -2.48. The zero-order valence-corrected chi connectivity index (χ0v) is 14.4. The highest BCUT2D eigenvalue weighted by Gasteiger charge is 2.32. The maximum absolute atomic E-state index is 3.47. The average Bonchev–Trinajstić information content (AvgIpc) is 3.24. The molecule has 2 aromatic carbocycles. The van der Waals surface area contributed by atoms with E-state index in [-0.39, 0.29) is 5.41 Å². The summed E-state index contributed by atoms with van der Waals surface area (Å²) in [7, 11) is 0. The van der Waals surface area contributed by atoms with Crippen LogP contribution in [0, 0.1) is 0 Å². The van der Waals surface area contributed by atoms with Gasteiger partial charge in [-0.05, 0) is 29.7 Å². The topological polar surface area (TPSA) is 31.6 Å². The molecule has 4 rings (SSSR count). The second-order valence-electron chi connectivity index (χ2n) is 6.93. The highest BCUT2D eigenvalue weighted by molar-refractivity contribution is 5.89. The van der Waals surface area contributed by atoms with Gasteiger partial charge in [-0.2, -0.15) is 0 Å². The normalized spacial score (nSPS) is 12.2. The predicted molar refractivity (Wildman–Crippen MR) is 103 cm³/mol. The molecule has 2 heteroatoms. The van der Waals surface area contributed by atoms with Crippen LogP contribution >= 0.6 is 0 Å². The lowest BCUT2D eigenvalue weighted by Crippen LogP contribution is -2.23. The fourth-order valence-corrected chi connectivity index (χ4v) is 4.00. The van der Waals surface area contributed by atoms with Gasteiger partial charge in [-0.25, -0.2) is 0 Å². The number of para-hydroxylation sites is 2. The molecule has 0 aliphatic rings. The molecule has 0 saturated heterocycles. The Morgan fingerprint density at radius 1 is 0.792 bits per heavy atom. The van der Waals surface area contributed by atoms with Crippen LogP contribution in [-0.2, 0) is 5.41 Å². The van der Waals surface area contributed by atoms with Gasteiger partial charge in [0.05, 0.1) is 0 Å². The van der Waals surface area contributed by atoms with E-state index in [4.69, 9.17) is 0 Å². The van der Waals surface area contributed by atoms with Crippen LogP contribution in [0.4, 0.5) is 0 Å². The quantitative estimate of drug-likeness (QED) is 0.443. The van der Waals surface area contributed by atoms with Gasteiger partial charge in [0, 0.05) is 39.6 Å². The molecular weight excluding hydrogens is 292 g/mol. The van der Waals surface area contributed by atoms with Gasteiger partial charge in [-0.3, -0.25) is 0 Å². The minimum atomic E-state index is -0.00475. The smallest absolute Gasteiger partial charge is 0.0457 e. The van der Waals surface area contributed by atoms with Crippen molar-refractivity contribution in [1.29, 1.82) is 0 Å². The molecule has 0 bridgehead atoms. The number of fused-ring (bicyclic) bond motifs is 2. The number of aromatic nitrogens is 2. The Morgan fingerprint density at radius 3 is 1.79 bits per heavy atom. The van der Waals surface area contributed by atoms with Crippen LogP contribution in [0.5, 0.6) is 0 Å². The molecule has 0 aliphatic heterocycles. The average molecular weight is 316 g/mol. The molecule has 2 heterocycles. The summed E-state index contributed by atoms with van der Waals surface area (Å²) in [5.74, 6) is 0. The Labute approximate surface area is 142 Å². The summed E-state index contributed by atoms with van der Waals surface area (Å²) in [5.41, 5.74) is 5.23. The van der Waals surface area contributed by atoms with E-state index in [9.17, 15) is 0 Å². The number of benzene rings is 2. The molecular formula is C22H24N2. The number of nitrogens with one attached hydrogen (secondary N) is 2. The molecule has 2 aromatic heterocycles. The van der Waals surface area contributed by atoms with E-state index in [1.807, 2.05) is 0 Å². The highest BCUT2D eigenvalue weighted by Crippen LogP contribution is 2.43. The Kier molecular flexibility index (Phi) is 3.68. The Balaban J connectivity index is 1.95. The number of aromatic amines is 2. The highest BCUT2D eigenvalue weighted by atomic mass is 14.7. The fraction of sp³-hybridized carbons (Fsp3) is 0.273. The van der Waals surface area contributed by atoms with Gasteiger partial charge < -0.3 is 9.97 Å². The van der Waals surface area contributed by atoms with Gasteiger partial charge in [0.15, 0.2) is 0 Å². The monoisotopic (exact) mass is 316 g/mol. The van der Waals surface area contributed by atoms with Crippen molar-refractivity contribution < 1.29 is 0 Å². The van der Waals surface area contributed by atoms with E-state index in [1.54, 1.807) is 0 Å². The van der Waals surface area contributed by atoms with Crippen LogP contribution in [-0.4, -0.2) is 9.97 Å². The van der Waals surface area contributed by atoms with Crippen molar-refractivity contribution in [2.45, 2.75) is 38.5 Å². The van der Waals surface area contributed by atoms with Crippen LogP contribution in [0.1, 0.15) is 44.2 Å². The predicted octanol–water partition coefficient (Wildman–Crippen LogP) is 6.15. The van der Waals surface area contributed by atoms with Gasteiger partial charge >= 0.3 is 0 Å². The number of hydrogen-bond acceptors (Lipinski definition) is 0. The van der Waals surface area contributed by atoms with Crippen LogP contribution in [0.15, 0.2) is 60.9 Å². The summed E-state index contributed by atoms with van der Waals surface area (Å²) in [4.78, 5) is 6.94. The van der Waals surface area contributed by atoms with Crippen molar-refractivity contribution in [1.82, 2.24) is 9.97 Å². The minimum Gasteiger partial charge on any atom is -0.361 e. The first-order valence-electron chi connectivity index (χ1n) is 8.87. The van der Waals surface area contributed by atoms with Gasteiger partial charge in [0.25, 0.3) is 0 Å². The summed E-state index contributed by atoms with van der Waals surface area (Å²) < 4.78 is 0. The molecule has 0 saturated carbocycles. The molecule has 2 nitrogen and oxygen atoms in total. The van der Waals surface area contributed by atoms with Gasteiger partial charge in [-0.1, -0.05) is 63.1 Å². The van der Waals surface area contributed by atoms with Crippen molar-refractivity contribution >= 4 is 21.8 Å². The molecule has 122 valence electrons. The first-order valence-corrected chi connectivity index (χ1v) is 8.87. The fourth-order valence-electron chi connectivity index (χ4n) is 4.00. The van der Waals surface area contributed by atoms with E-state index >= 15 is 0 Å². The van der Waals surface area contributed by atoms with Crippen molar-refractivity contribution in [3.8, 4) is 0 Å². The van der Waals surface area contributed by atoms with Gasteiger partial charge in [-0.15, -0.1) is 0 Å². The Bertz CT molecular complexity index is 900. The largest absolute Gasteiger partial charge is 0.361 e. The summed E-state index contributed by atoms with van der Waals surface area (Å²) in [6.07, 6.45) is 7.99. The zero-order chi connectivity index (χ0) is 16.6. The lowest BCUT2D eigenvalue weighted by molar-refractivity contribution is 0.500. The van der Waals surface area contributed by atoms with Crippen molar-refractivity contribution in [3.05, 3.63) is 72.1 Å². The third-order valence-corrected chi connectivity index (χ3v) is 5.40.